The lowest BCUT2D eigenvalue weighted by molar-refractivity contribution is -0.120. The molecule has 6 rings (SSSR count). The number of rotatable bonds is 14. The van der Waals surface area contributed by atoms with E-state index in [4.69, 9.17) is 9.47 Å². The highest BCUT2D eigenvalue weighted by Gasteiger charge is 2.42. The molecule has 4 aromatic rings. The smallest absolute Gasteiger partial charge is 0.224 e. The molecule has 1 amide bonds. The first-order valence-corrected chi connectivity index (χ1v) is 18.1. The molecule has 1 aliphatic heterocycles. The number of benzene rings is 4. The van der Waals surface area contributed by atoms with Crippen LogP contribution in [0.1, 0.15) is 79.2 Å². The Labute approximate surface area is 291 Å². The number of aryl methyl sites for hydroxylation is 1. The molecule has 2 aliphatic rings. The average Bonchev–Trinajstić information content (AvgIpc) is 3.14. The van der Waals surface area contributed by atoms with Crippen molar-refractivity contribution in [2.75, 3.05) is 33.9 Å². The Hall–Kier alpha value is -4.16. The number of hydrogen-bond acceptors (Lipinski definition) is 4. The zero-order chi connectivity index (χ0) is 34.1. The van der Waals surface area contributed by atoms with Crippen molar-refractivity contribution in [2.24, 2.45) is 0 Å². The number of piperidine rings is 1. The Morgan fingerprint density at radius 2 is 1.45 bits per heavy atom. The van der Waals surface area contributed by atoms with E-state index in [1.54, 1.807) is 32.4 Å². The number of halogens is 1. The van der Waals surface area contributed by atoms with Crippen molar-refractivity contribution < 1.29 is 18.7 Å². The number of ether oxygens (including phenoxy) is 2. The van der Waals surface area contributed by atoms with Crippen molar-refractivity contribution in [3.8, 4) is 11.5 Å². The van der Waals surface area contributed by atoms with Crippen molar-refractivity contribution in [2.45, 2.75) is 81.6 Å². The van der Waals surface area contributed by atoms with Crippen LogP contribution in [-0.2, 0) is 29.5 Å². The molecule has 0 saturated carbocycles. The summed E-state index contributed by atoms with van der Waals surface area (Å²) in [6.45, 7) is 2.75. The molecule has 0 bridgehead atoms. The van der Waals surface area contributed by atoms with Crippen LogP contribution >= 0.6 is 0 Å². The Bertz CT molecular complexity index is 1640. The van der Waals surface area contributed by atoms with Gasteiger partial charge in [-0.1, -0.05) is 85.3 Å². The molecule has 5 nitrogen and oxygen atoms in total. The molecule has 1 atom stereocenters. The molecule has 6 heteroatoms. The third-order valence-electron chi connectivity index (χ3n) is 11.2. The van der Waals surface area contributed by atoms with Gasteiger partial charge in [0.25, 0.3) is 0 Å². The molecule has 1 fully saturated rings. The fourth-order valence-corrected chi connectivity index (χ4v) is 8.61. The first-order valence-electron chi connectivity index (χ1n) is 18.1. The van der Waals surface area contributed by atoms with Crippen molar-refractivity contribution in [1.29, 1.82) is 0 Å². The van der Waals surface area contributed by atoms with Gasteiger partial charge in [-0.2, -0.15) is 0 Å². The third-order valence-corrected chi connectivity index (χ3v) is 11.2. The lowest BCUT2D eigenvalue weighted by atomic mass is 9.68. The summed E-state index contributed by atoms with van der Waals surface area (Å²) in [5, 5.41) is 3.07. The van der Waals surface area contributed by atoms with Gasteiger partial charge in [0.05, 0.1) is 20.6 Å². The zero-order valence-electron chi connectivity index (χ0n) is 29.2. The number of likely N-dealkylation sites (tertiary alicyclic amines) is 1. The van der Waals surface area contributed by atoms with Gasteiger partial charge in [-0.05, 0) is 117 Å². The summed E-state index contributed by atoms with van der Waals surface area (Å²) >= 11 is 0. The van der Waals surface area contributed by atoms with Crippen LogP contribution in [0.2, 0.25) is 0 Å². The molecule has 0 aromatic heterocycles. The first-order chi connectivity index (χ1) is 24.0. The fraction of sp³-hybridized carbons (Fsp3) is 0.419. The normalized spacial score (nSPS) is 17.8. The summed E-state index contributed by atoms with van der Waals surface area (Å²) in [6, 6.07) is 32.7. The molecule has 1 unspecified atom stereocenters. The van der Waals surface area contributed by atoms with Gasteiger partial charge in [0, 0.05) is 17.5 Å². The molecule has 1 saturated heterocycles. The van der Waals surface area contributed by atoms with E-state index >= 15 is 0 Å². The number of carbonyl (C=O) groups excluding carboxylic acids is 1. The predicted octanol–water partition coefficient (Wildman–Crippen LogP) is 8.46. The Kier molecular flexibility index (Phi) is 11.4. The van der Waals surface area contributed by atoms with Gasteiger partial charge in [0.1, 0.15) is 5.82 Å². The minimum atomic E-state index is -0.335. The monoisotopic (exact) mass is 662 g/mol. The third kappa shape index (κ3) is 7.86. The second kappa shape index (κ2) is 16.0. The molecule has 1 spiro atoms. The summed E-state index contributed by atoms with van der Waals surface area (Å²) in [4.78, 5) is 15.6. The second-order valence-corrected chi connectivity index (χ2v) is 14.0. The van der Waals surface area contributed by atoms with Crippen molar-refractivity contribution in [3.63, 3.8) is 0 Å². The lowest BCUT2D eigenvalue weighted by Gasteiger charge is -2.50. The van der Waals surface area contributed by atoms with E-state index in [9.17, 15) is 9.18 Å². The van der Waals surface area contributed by atoms with Crippen molar-refractivity contribution in [1.82, 2.24) is 10.2 Å². The minimum Gasteiger partial charge on any atom is -0.493 e. The number of amides is 1. The number of nitrogens with zero attached hydrogens (tertiary/aromatic N) is 1. The SMILES string of the molecule is COc1cc2c(cc1OC)CC1(CCCCN1CCCC(CCCNC(=O)Cc1ccccc1F)(c1ccccc1)c1ccccc1)CC2. The van der Waals surface area contributed by atoms with Gasteiger partial charge in [-0.3, -0.25) is 9.69 Å². The molecule has 4 aromatic carbocycles. The number of methoxy groups -OCH3 is 2. The molecule has 49 heavy (non-hydrogen) atoms. The fourth-order valence-electron chi connectivity index (χ4n) is 8.61. The molecule has 1 heterocycles. The van der Waals surface area contributed by atoms with Crippen LogP contribution < -0.4 is 14.8 Å². The van der Waals surface area contributed by atoms with Gasteiger partial charge < -0.3 is 14.8 Å². The average molecular weight is 663 g/mol. The zero-order valence-corrected chi connectivity index (χ0v) is 29.2. The van der Waals surface area contributed by atoms with E-state index in [1.165, 1.54) is 54.0 Å². The van der Waals surface area contributed by atoms with Gasteiger partial charge in [0.2, 0.25) is 5.91 Å². The summed E-state index contributed by atoms with van der Waals surface area (Å²) in [6.07, 6.45) is 10.9. The van der Waals surface area contributed by atoms with Crippen LogP contribution in [0.3, 0.4) is 0 Å². The highest BCUT2D eigenvalue weighted by molar-refractivity contribution is 5.78. The van der Waals surface area contributed by atoms with Crippen LogP contribution in [0, 0.1) is 5.82 Å². The van der Waals surface area contributed by atoms with Gasteiger partial charge in [0.15, 0.2) is 11.5 Å². The maximum atomic E-state index is 14.2. The second-order valence-electron chi connectivity index (χ2n) is 14.0. The largest absolute Gasteiger partial charge is 0.493 e. The number of hydrogen-bond donors (Lipinski definition) is 1. The number of nitrogens with one attached hydrogen (secondary N) is 1. The number of carbonyl (C=O) groups is 1. The molecule has 1 N–H and O–H groups in total. The molecule has 258 valence electrons. The Morgan fingerprint density at radius 3 is 2.12 bits per heavy atom. The first kappa shape index (κ1) is 34.7. The summed E-state index contributed by atoms with van der Waals surface area (Å²) in [7, 11) is 3.44. The van der Waals surface area contributed by atoms with Gasteiger partial charge in [-0.25, -0.2) is 4.39 Å². The molecular formula is C43H51FN2O3. The maximum absolute atomic E-state index is 14.2. The molecular weight excluding hydrogens is 611 g/mol. The number of fused-ring (bicyclic) bond motifs is 1. The minimum absolute atomic E-state index is 0.0531. The maximum Gasteiger partial charge on any atom is 0.224 e. The quantitative estimate of drug-likeness (QED) is 0.138. The lowest BCUT2D eigenvalue weighted by Crippen LogP contribution is -2.55. The summed E-state index contributed by atoms with van der Waals surface area (Å²) < 4.78 is 25.5. The van der Waals surface area contributed by atoms with E-state index in [0.717, 1.165) is 63.1 Å². The van der Waals surface area contributed by atoms with Gasteiger partial charge in [-0.15, -0.1) is 0 Å². The predicted molar refractivity (Wildman–Crippen MR) is 195 cm³/mol. The standard InChI is InChI=1S/C43H51FN2O3/c1-48-39-29-33-21-25-42(32-35(33)30-40(39)49-2)22-11-12-27-46(42)28-14-24-43(36-16-5-3-6-17-36,37-18-7-4-8-19-37)23-13-26-45-41(47)31-34-15-9-10-20-38(34)44/h3-10,15-20,29-30H,11-14,21-28,31-32H2,1-2H3,(H,45,47). The van der Waals surface area contributed by atoms with E-state index in [0.29, 0.717) is 12.1 Å². The Morgan fingerprint density at radius 1 is 0.816 bits per heavy atom. The van der Waals surface area contributed by atoms with Crippen molar-refractivity contribution >= 4 is 5.91 Å². The van der Waals surface area contributed by atoms with Crippen LogP contribution in [0.5, 0.6) is 11.5 Å². The topological polar surface area (TPSA) is 50.8 Å². The van der Waals surface area contributed by atoms with Crippen molar-refractivity contribution in [3.05, 3.63) is 131 Å². The molecule has 0 radical (unpaired) electrons. The van der Waals surface area contributed by atoms with Crippen LogP contribution in [0.25, 0.3) is 0 Å². The Balaban J connectivity index is 1.18. The summed E-state index contributed by atoms with van der Waals surface area (Å²) in [5.41, 5.74) is 5.84. The van der Waals surface area contributed by atoms with Crippen LogP contribution in [-0.4, -0.2) is 50.2 Å². The van der Waals surface area contributed by atoms with E-state index in [2.05, 4.69) is 83.0 Å². The van der Waals surface area contributed by atoms with E-state index in [1.807, 2.05) is 0 Å². The molecule has 1 aliphatic carbocycles. The van der Waals surface area contributed by atoms with E-state index < -0.39 is 0 Å². The van der Waals surface area contributed by atoms with Crippen LogP contribution in [0.4, 0.5) is 4.39 Å². The highest BCUT2D eigenvalue weighted by Crippen LogP contribution is 2.45. The van der Waals surface area contributed by atoms with E-state index in [-0.39, 0.29) is 29.1 Å². The highest BCUT2D eigenvalue weighted by atomic mass is 19.1. The van der Waals surface area contributed by atoms with Gasteiger partial charge >= 0.3 is 0 Å². The van der Waals surface area contributed by atoms with Crippen LogP contribution in [0.15, 0.2) is 97.1 Å². The summed E-state index contributed by atoms with van der Waals surface area (Å²) in [5.74, 6) is 1.16.